The molecule has 2 N–H and O–H groups in total. The highest BCUT2D eigenvalue weighted by Gasteiger charge is 2.11. The van der Waals surface area contributed by atoms with Crippen LogP contribution in [-0.4, -0.2) is 6.03 Å². The molecule has 4 heteroatoms. The zero-order chi connectivity index (χ0) is 13.5. The van der Waals surface area contributed by atoms with Gasteiger partial charge in [-0.25, -0.2) is 4.79 Å². The zero-order valence-electron chi connectivity index (χ0n) is 10.9. The highest BCUT2D eigenvalue weighted by molar-refractivity contribution is 6.30. The van der Waals surface area contributed by atoms with Crippen LogP contribution in [0, 0.1) is 5.92 Å². The minimum Gasteiger partial charge on any atom is -0.334 e. The summed E-state index contributed by atoms with van der Waals surface area (Å²) in [7, 11) is 0. The molecule has 0 spiro atoms. The van der Waals surface area contributed by atoms with Crippen molar-refractivity contribution < 1.29 is 4.79 Å². The number of carbonyl (C=O) groups is 1. The summed E-state index contributed by atoms with van der Waals surface area (Å²) in [6.07, 6.45) is 8.94. The van der Waals surface area contributed by atoms with Gasteiger partial charge in [0.2, 0.25) is 0 Å². The van der Waals surface area contributed by atoms with Crippen LogP contribution in [0.2, 0.25) is 5.02 Å². The molecule has 0 atom stereocenters. The van der Waals surface area contributed by atoms with Gasteiger partial charge in [0.1, 0.15) is 0 Å². The van der Waals surface area contributed by atoms with Gasteiger partial charge in [-0.2, -0.15) is 0 Å². The van der Waals surface area contributed by atoms with Gasteiger partial charge in [-0.1, -0.05) is 42.7 Å². The van der Waals surface area contributed by atoms with Crippen molar-refractivity contribution in [2.75, 3.05) is 0 Å². The molecule has 0 bridgehead atoms. The van der Waals surface area contributed by atoms with E-state index in [2.05, 4.69) is 16.7 Å². The fourth-order valence-corrected chi connectivity index (χ4v) is 2.37. The van der Waals surface area contributed by atoms with Gasteiger partial charge in [-0.3, -0.25) is 0 Å². The number of hydrogen-bond donors (Lipinski definition) is 2. The number of urea groups is 1. The Morgan fingerprint density at radius 2 is 1.95 bits per heavy atom. The van der Waals surface area contributed by atoms with Crippen LogP contribution in [0.25, 0.3) is 0 Å². The highest BCUT2D eigenvalue weighted by atomic mass is 35.5. The number of halogens is 1. The maximum atomic E-state index is 11.6. The average molecular weight is 279 g/mol. The van der Waals surface area contributed by atoms with Crippen molar-refractivity contribution in [3.05, 3.63) is 47.1 Å². The number of carbonyl (C=O) groups excluding carboxylic acids is 1. The van der Waals surface area contributed by atoms with Crippen molar-refractivity contribution in [1.82, 2.24) is 10.6 Å². The summed E-state index contributed by atoms with van der Waals surface area (Å²) in [5, 5.41) is 6.24. The van der Waals surface area contributed by atoms with E-state index in [-0.39, 0.29) is 6.03 Å². The monoisotopic (exact) mass is 278 g/mol. The molecule has 0 aliphatic heterocycles. The van der Waals surface area contributed by atoms with Crippen LogP contribution in [0.1, 0.15) is 31.2 Å². The molecule has 3 nitrogen and oxygen atoms in total. The zero-order valence-corrected chi connectivity index (χ0v) is 11.6. The fraction of sp³-hybridized carbons (Fsp3) is 0.400. The number of amides is 2. The minimum atomic E-state index is -0.177. The van der Waals surface area contributed by atoms with Crippen LogP contribution in [0.4, 0.5) is 4.79 Å². The van der Waals surface area contributed by atoms with Crippen LogP contribution >= 0.6 is 11.6 Å². The Bertz CT molecular complexity index is 436. The molecule has 0 aromatic heterocycles. The van der Waals surface area contributed by atoms with Gasteiger partial charge in [-0.15, -0.1) is 0 Å². The van der Waals surface area contributed by atoms with Crippen LogP contribution in [0.5, 0.6) is 0 Å². The maximum absolute atomic E-state index is 11.6. The van der Waals surface area contributed by atoms with Crippen LogP contribution in [0.15, 0.2) is 36.5 Å². The fourth-order valence-electron chi connectivity index (χ4n) is 2.25. The number of benzene rings is 1. The van der Waals surface area contributed by atoms with Gasteiger partial charge in [-0.05, 0) is 36.5 Å². The smallest absolute Gasteiger partial charge is 0.319 e. The Hall–Kier alpha value is -1.48. The summed E-state index contributed by atoms with van der Waals surface area (Å²) in [5.74, 6) is 0.636. The molecule has 1 aromatic rings. The van der Waals surface area contributed by atoms with Gasteiger partial charge in [0.05, 0.1) is 0 Å². The first kappa shape index (κ1) is 13.9. The molecule has 1 aliphatic carbocycles. The molecule has 0 saturated heterocycles. The Morgan fingerprint density at radius 1 is 1.26 bits per heavy atom. The second kappa shape index (κ2) is 7.19. The molecule has 2 rings (SSSR count). The standard InChI is InChI=1S/C15H19ClN2O/c16-14-7-5-13(6-8-14)11-18-15(19)17-10-9-12-3-1-2-4-12/h5-10,12H,1-4,11H2,(H2,17,18,19)/b10-9+. The van der Waals surface area contributed by atoms with Crippen LogP contribution in [0.3, 0.4) is 0 Å². The lowest BCUT2D eigenvalue weighted by atomic mass is 10.1. The molecular formula is C15H19ClN2O. The largest absolute Gasteiger partial charge is 0.334 e. The lowest BCUT2D eigenvalue weighted by Crippen LogP contribution is -2.31. The second-order valence-corrected chi connectivity index (χ2v) is 5.29. The van der Waals surface area contributed by atoms with E-state index in [0.29, 0.717) is 17.5 Å². The van der Waals surface area contributed by atoms with E-state index >= 15 is 0 Å². The molecule has 1 saturated carbocycles. The quantitative estimate of drug-likeness (QED) is 0.863. The van der Waals surface area contributed by atoms with Crippen molar-refractivity contribution in [3.63, 3.8) is 0 Å². The first-order valence-corrected chi connectivity index (χ1v) is 7.07. The van der Waals surface area contributed by atoms with Gasteiger partial charge in [0, 0.05) is 17.8 Å². The minimum absolute atomic E-state index is 0.177. The Balaban J connectivity index is 1.68. The third-order valence-electron chi connectivity index (χ3n) is 3.35. The summed E-state index contributed by atoms with van der Waals surface area (Å²) in [6, 6.07) is 7.25. The van der Waals surface area contributed by atoms with Crippen molar-refractivity contribution in [2.24, 2.45) is 5.92 Å². The number of nitrogens with one attached hydrogen (secondary N) is 2. The second-order valence-electron chi connectivity index (χ2n) is 4.86. The Labute approximate surface area is 119 Å². The normalized spacial score (nSPS) is 15.8. The molecule has 0 radical (unpaired) electrons. The van der Waals surface area contributed by atoms with Gasteiger partial charge in [0.15, 0.2) is 0 Å². The van der Waals surface area contributed by atoms with Gasteiger partial charge < -0.3 is 10.6 Å². The third kappa shape index (κ3) is 4.95. The molecule has 102 valence electrons. The molecule has 2 amide bonds. The van der Waals surface area contributed by atoms with E-state index in [1.165, 1.54) is 25.7 Å². The van der Waals surface area contributed by atoms with E-state index in [9.17, 15) is 4.79 Å². The van der Waals surface area contributed by atoms with Crippen LogP contribution in [-0.2, 0) is 6.54 Å². The number of rotatable bonds is 4. The predicted octanol–water partition coefficient (Wildman–Crippen LogP) is 3.84. The Morgan fingerprint density at radius 3 is 2.63 bits per heavy atom. The highest BCUT2D eigenvalue weighted by Crippen LogP contribution is 2.25. The van der Waals surface area contributed by atoms with Crippen LogP contribution < -0.4 is 10.6 Å². The van der Waals surface area contributed by atoms with E-state index < -0.39 is 0 Å². The topological polar surface area (TPSA) is 41.1 Å². The van der Waals surface area contributed by atoms with E-state index in [1.807, 2.05) is 24.3 Å². The SMILES string of the molecule is O=C(N/C=C/C1CCCC1)NCc1ccc(Cl)cc1. The van der Waals surface area contributed by atoms with E-state index in [4.69, 9.17) is 11.6 Å². The summed E-state index contributed by atoms with van der Waals surface area (Å²) in [4.78, 5) is 11.6. The lowest BCUT2D eigenvalue weighted by molar-refractivity contribution is 0.243. The maximum Gasteiger partial charge on any atom is 0.319 e. The molecule has 0 heterocycles. The number of hydrogen-bond acceptors (Lipinski definition) is 1. The summed E-state index contributed by atoms with van der Waals surface area (Å²) in [5.41, 5.74) is 1.03. The summed E-state index contributed by atoms with van der Waals surface area (Å²) >= 11 is 5.80. The predicted molar refractivity (Wildman–Crippen MR) is 77.9 cm³/mol. The molecule has 1 aliphatic rings. The molecular weight excluding hydrogens is 260 g/mol. The van der Waals surface area contributed by atoms with Crippen molar-refractivity contribution >= 4 is 17.6 Å². The summed E-state index contributed by atoms with van der Waals surface area (Å²) in [6.45, 7) is 0.500. The van der Waals surface area contributed by atoms with E-state index in [0.717, 1.165) is 5.56 Å². The average Bonchev–Trinajstić information content (AvgIpc) is 2.91. The first-order valence-electron chi connectivity index (χ1n) is 6.69. The molecule has 19 heavy (non-hydrogen) atoms. The first-order chi connectivity index (χ1) is 9.24. The molecule has 0 unspecified atom stereocenters. The third-order valence-corrected chi connectivity index (χ3v) is 3.60. The summed E-state index contributed by atoms with van der Waals surface area (Å²) < 4.78 is 0. The Kier molecular flexibility index (Phi) is 5.28. The lowest BCUT2D eigenvalue weighted by Gasteiger charge is -2.05. The van der Waals surface area contributed by atoms with E-state index in [1.54, 1.807) is 6.20 Å². The van der Waals surface area contributed by atoms with Crippen molar-refractivity contribution in [3.8, 4) is 0 Å². The van der Waals surface area contributed by atoms with Gasteiger partial charge in [0.25, 0.3) is 0 Å². The van der Waals surface area contributed by atoms with Crippen molar-refractivity contribution in [2.45, 2.75) is 32.2 Å². The molecule has 1 fully saturated rings. The number of allylic oxidation sites excluding steroid dienone is 1. The van der Waals surface area contributed by atoms with Gasteiger partial charge >= 0.3 is 6.03 Å². The van der Waals surface area contributed by atoms with Crippen molar-refractivity contribution in [1.29, 1.82) is 0 Å². The molecule has 1 aromatic carbocycles.